The number of hydrogen-bond donors (Lipinski definition) is 8. The largest absolute Gasteiger partial charge is 0.493 e. The lowest BCUT2D eigenvalue weighted by Gasteiger charge is -2.24. The van der Waals surface area contributed by atoms with Crippen molar-refractivity contribution in [1.82, 2.24) is 0 Å². The zero-order valence-electron chi connectivity index (χ0n) is 60.6. The highest BCUT2D eigenvalue weighted by atomic mass is 16.5. The van der Waals surface area contributed by atoms with E-state index in [9.17, 15) is 0 Å². The maximum Gasteiger partial charge on any atom is 0.191 e. The minimum absolute atomic E-state index is 0.0596. The van der Waals surface area contributed by atoms with Gasteiger partial charge in [-0.3, -0.25) is 0 Å². The first-order valence-corrected chi connectivity index (χ1v) is 38.3. The second-order valence-electron chi connectivity index (χ2n) is 27.3. The van der Waals surface area contributed by atoms with E-state index in [0.717, 1.165) is 145 Å². The quantitative estimate of drug-likeness (QED) is 0.0102. The molecule has 8 bridgehead atoms. The van der Waals surface area contributed by atoms with E-state index in [0.29, 0.717) is 74.9 Å². The molecule has 0 spiro atoms. The SMILES string of the molecule is CCCCCCCCCCCCOc1c2cc(N=C(N)N)cc1Cc1cc(N=C(N)N)cc(c1OCCCCCCCCCCCC)Cc1cc(N=C(N)N)cc(c1OCCCCCCCCCCCC)Cc1cc(N=C(N)N)cc(c1OCCCCCCCCCCCC)C2. The third kappa shape index (κ3) is 32.5. The van der Waals surface area contributed by atoms with Crippen LogP contribution in [-0.4, -0.2) is 50.3 Å². The van der Waals surface area contributed by atoms with Crippen LogP contribution in [0.4, 0.5) is 22.7 Å². The molecular weight excluding hydrogens is 1190 g/mol. The molecule has 0 unspecified atom stereocenters. The van der Waals surface area contributed by atoms with Gasteiger partial charge in [-0.15, -0.1) is 0 Å². The van der Waals surface area contributed by atoms with Crippen LogP contribution in [0.3, 0.4) is 0 Å². The van der Waals surface area contributed by atoms with Crippen molar-refractivity contribution < 1.29 is 18.9 Å². The lowest BCUT2D eigenvalue weighted by molar-refractivity contribution is 0.293. The van der Waals surface area contributed by atoms with Crippen molar-refractivity contribution in [1.29, 1.82) is 0 Å². The summed E-state index contributed by atoms with van der Waals surface area (Å²) < 4.78 is 28.9. The molecule has 16 N–H and O–H groups in total. The summed E-state index contributed by atoms with van der Waals surface area (Å²) in [5, 5.41) is 0. The number of aliphatic imine (C=N–C) groups is 4. The number of benzene rings is 4. The van der Waals surface area contributed by atoms with Crippen LogP contribution in [0.5, 0.6) is 23.0 Å². The maximum absolute atomic E-state index is 7.21. The predicted octanol–water partition coefficient (Wildman–Crippen LogP) is 19.2. The van der Waals surface area contributed by atoms with Crippen molar-refractivity contribution >= 4 is 46.6 Å². The molecule has 4 aromatic carbocycles. The molecule has 16 heteroatoms. The normalized spacial score (nSPS) is 11.9. The first-order chi connectivity index (χ1) is 46.8. The van der Waals surface area contributed by atoms with Gasteiger partial charge in [0.1, 0.15) is 23.0 Å². The zero-order valence-corrected chi connectivity index (χ0v) is 60.6. The molecule has 0 radical (unpaired) electrons. The zero-order chi connectivity index (χ0) is 68.8. The molecule has 0 saturated heterocycles. The number of nitrogens with zero attached hydrogens (tertiary/aromatic N) is 4. The van der Waals surface area contributed by atoms with Crippen molar-refractivity contribution in [2.75, 3.05) is 26.4 Å². The summed E-state index contributed by atoms with van der Waals surface area (Å²) in [5.41, 5.74) is 59.6. The molecule has 16 nitrogen and oxygen atoms in total. The first kappa shape index (κ1) is 79.8. The number of nitrogens with two attached hydrogens (primary N) is 8. The molecule has 5 rings (SSSR count). The van der Waals surface area contributed by atoms with Gasteiger partial charge in [0.05, 0.1) is 49.2 Å². The highest BCUT2D eigenvalue weighted by Gasteiger charge is 2.26. The van der Waals surface area contributed by atoms with Gasteiger partial charge in [0, 0.05) is 70.2 Å². The summed E-state index contributed by atoms with van der Waals surface area (Å²) in [6.07, 6.45) is 49.7. The fourth-order valence-corrected chi connectivity index (χ4v) is 13.5. The molecule has 1 aliphatic carbocycles. The van der Waals surface area contributed by atoms with E-state index in [1.807, 2.05) is 48.5 Å². The van der Waals surface area contributed by atoms with Gasteiger partial charge in [-0.1, -0.05) is 259 Å². The second kappa shape index (κ2) is 48.8. The van der Waals surface area contributed by atoms with Crippen LogP contribution in [0, 0.1) is 0 Å². The highest BCUT2D eigenvalue weighted by Crippen LogP contribution is 2.44. The van der Waals surface area contributed by atoms with Gasteiger partial charge in [0.2, 0.25) is 0 Å². The minimum Gasteiger partial charge on any atom is -0.493 e. The Balaban J connectivity index is 1.74. The second-order valence-corrected chi connectivity index (χ2v) is 27.3. The van der Waals surface area contributed by atoms with Crippen molar-refractivity contribution in [3.63, 3.8) is 0 Å². The fraction of sp³-hybridized carbons (Fsp3) is 0.650. The smallest absolute Gasteiger partial charge is 0.191 e. The number of guanidine groups is 4. The summed E-state index contributed by atoms with van der Waals surface area (Å²) in [5.74, 6) is 2.73. The molecule has 0 aromatic heterocycles. The Bertz CT molecular complexity index is 2440. The van der Waals surface area contributed by atoms with Crippen molar-refractivity contribution in [2.45, 2.75) is 310 Å². The molecule has 4 aromatic rings. The summed E-state index contributed by atoms with van der Waals surface area (Å²) in [7, 11) is 0. The monoisotopic (exact) mass is 1330 g/mol. The van der Waals surface area contributed by atoms with Gasteiger partial charge in [0.25, 0.3) is 0 Å². The average molecular weight is 1330 g/mol. The molecule has 1 aliphatic rings. The number of fused-ring (bicyclic) bond motifs is 8. The Morgan fingerprint density at radius 3 is 0.500 bits per heavy atom. The molecule has 536 valence electrons. The lowest BCUT2D eigenvalue weighted by Crippen LogP contribution is -2.22. The minimum atomic E-state index is -0.0596. The molecule has 0 fully saturated rings. The summed E-state index contributed by atoms with van der Waals surface area (Å²) in [6, 6.07) is 16.3. The van der Waals surface area contributed by atoms with Crippen LogP contribution < -0.4 is 64.8 Å². The number of rotatable bonds is 52. The summed E-state index contributed by atoms with van der Waals surface area (Å²) in [4.78, 5) is 19.0. The first-order valence-electron chi connectivity index (χ1n) is 38.3. The van der Waals surface area contributed by atoms with E-state index in [-0.39, 0.29) is 23.8 Å². The van der Waals surface area contributed by atoms with E-state index >= 15 is 0 Å². The Labute approximate surface area is 581 Å². The van der Waals surface area contributed by atoms with Gasteiger partial charge in [-0.05, 0) is 74.2 Å². The summed E-state index contributed by atoms with van der Waals surface area (Å²) in [6.45, 7) is 11.1. The molecule has 0 heterocycles. The molecule has 0 amide bonds. The Morgan fingerprint density at radius 1 is 0.229 bits per heavy atom. The Hall–Kier alpha value is -6.84. The van der Waals surface area contributed by atoms with Crippen LogP contribution in [0.1, 0.15) is 329 Å². The van der Waals surface area contributed by atoms with E-state index in [1.165, 1.54) is 180 Å². The van der Waals surface area contributed by atoms with Gasteiger partial charge in [0.15, 0.2) is 23.8 Å². The van der Waals surface area contributed by atoms with E-state index < -0.39 is 0 Å². The van der Waals surface area contributed by atoms with Gasteiger partial charge in [-0.25, -0.2) is 20.0 Å². The standard InChI is InChI=1S/C80H132N12O4/c1-5-9-13-17-21-25-29-33-37-41-45-93-73-61-49-63-55-70(90-78(83)84)57-65(74(63)94-46-42-38-34-30-26-22-18-14-10-6-2)51-67-59-72(92-80(87)88)60-68(76(67)96-48-44-40-36-32-28-24-20-16-12-8-4)52-66-58-71(91-79(85)86)56-64(50-62(73)54-69(53-61)89-77(81)82)75(66)95-47-43-39-35-31-27-23-19-15-11-7-3/h53-60H,5-52H2,1-4H3,(H4,81,82,89)(H4,83,84,90)(H4,85,86,91)(H4,87,88,92). The third-order valence-electron chi connectivity index (χ3n) is 18.4. The average Bonchev–Trinajstić information content (AvgIpc) is 0.784. The van der Waals surface area contributed by atoms with Gasteiger partial charge < -0.3 is 64.8 Å². The number of unbranched alkanes of at least 4 members (excludes halogenated alkanes) is 36. The van der Waals surface area contributed by atoms with Gasteiger partial charge in [-0.2, -0.15) is 0 Å². The molecular formula is C80H132N12O4. The highest BCUT2D eigenvalue weighted by molar-refractivity contribution is 5.82. The van der Waals surface area contributed by atoms with E-state index in [1.54, 1.807) is 0 Å². The number of ether oxygens (including phenoxy) is 4. The van der Waals surface area contributed by atoms with E-state index in [4.69, 9.17) is 84.8 Å². The van der Waals surface area contributed by atoms with Crippen LogP contribution in [0.2, 0.25) is 0 Å². The third-order valence-corrected chi connectivity index (χ3v) is 18.4. The van der Waals surface area contributed by atoms with E-state index in [2.05, 4.69) is 27.7 Å². The molecule has 0 saturated carbocycles. The van der Waals surface area contributed by atoms with Crippen LogP contribution >= 0.6 is 0 Å². The summed E-state index contributed by atoms with van der Waals surface area (Å²) >= 11 is 0. The molecule has 0 atom stereocenters. The van der Waals surface area contributed by atoms with Crippen LogP contribution in [0.15, 0.2) is 68.5 Å². The predicted molar refractivity (Wildman–Crippen MR) is 408 cm³/mol. The fourth-order valence-electron chi connectivity index (χ4n) is 13.5. The maximum atomic E-state index is 7.21. The Kier molecular flexibility index (Phi) is 40.6. The van der Waals surface area contributed by atoms with Crippen molar-refractivity contribution in [3.05, 3.63) is 93.0 Å². The lowest BCUT2D eigenvalue weighted by atomic mass is 9.90. The Morgan fingerprint density at radius 2 is 0.365 bits per heavy atom. The van der Waals surface area contributed by atoms with Crippen LogP contribution in [-0.2, 0) is 25.7 Å². The van der Waals surface area contributed by atoms with Crippen molar-refractivity contribution in [2.24, 2.45) is 65.8 Å². The molecule has 96 heavy (non-hydrogen) atoms. The van der Waals surface area contributed by atoms with Crippen LogP contribution in [0.25, 0.3) is 0 Å². The van der Waals surface area contributed by atoms with Gasteiger partial charge >= 0.3 is 0 Å². The topological polar surface area (TPSA) is 295 Å². The molecule has 0 aliphatic heterocycles. The van der Waals surface area contributed by atoms with Crippen molar-refractivity contribution in [3.8, 4) is 23.0 Å². The number of hydrogen-bond acceptors (Lipinski definition) is 8.